The van der Waals surface area contributed by atoms with E-state index in [4.69, 9.17) is 10.9 Å². The molecule has 0 saturated carbocycles. The fourth-order valence-electron chi connectivity index (χ4n) is 1.68. The van der Waals surface area contributed by atoms with Gasteiger partial charge in [0.1, 0.15) is 11.7 Å². The molecule has 1 aromatic rings. The molecule has 0 saturated heterocycles. The average Bonchev–Trinajstić information content (AvgIpc) is 2.77. The lowest BCUT2D eigenvalue weighted by Gasteiger charge is -2.03. The molecule has 9 heteroatoms. The number of nitrogens with one attached hydrogen (secondary N) is 1. The number of sulfonamides is 1. The van der Waals surface area contributed by atoms with Crippen LogP contribution < -0.4 is 10.5 Å². The molecule has 0 aliphatic carbocycles. The van der Waals surface area contributed by atoms with Crippen LogP contribution in [0.15, 0.2) is 16.4 Å². The van der Waals surface area contributed by atoms with Gasteiger partial charge >= 0.3 is 0 Å². The van der Waals surface area contributed by atoms with Crippen LogP contribution in [0.2, 0.25) is 0 Å². The first-order chi connectivity index (χ1) is 9.40. The highest BCUT2D eigenvalue weighted by atomic mass is 32.2. The van der Waals surface area contributed by atoms with Crippen LogP contribution in [0.25, 0.3) is 0 Å². The highest BCUT2D eigenvalue weighted by molar-refractivity contribution is 7.89. The van der Waals surface area contributed by atoms with E-state index in [1.54, 1.807) is 6.92 Å². The highest BCUT2D eigenvalue weighted by Crippen LogP contribution is 2.09. The Morgan fingerprint density at radius 3 is 2.90 bits per heavy atom. The number of nitrogens with two attached hydrogens (primary N) is 1. The number of imidazole rings is 1. The number of aromatic nitrogens is 2. The molecule has 4 N–H and O–H groups in total. The molecule has 0 amide bonds. The van der Waals surface area contributed by atoms with Crippen molar-refractivity contribution in [1.29, 1.82) is 0 Å². The summed E-state index contributed by atoms with van der Waals surface area (Å²) in [4.78, 5) is 4.06. The van der Waals surface area contributed by atoms with Crippen LogP contribution in [-0.4, -0.2) is 35.6 Å². The molecule has 8 nitrogen and oxygen atoms in total. The van der Waals surface area contributed by atoms with E-state index in [9.17, 15) is 8.42 Å². The normalized spacial score (nSPS) is 12.8. The standard InChI is InChI=1S/C11H21N5O3S/c1-3-7-16-8-11(14-9(16)2)20(18,19)13-6-4-5-10(12)15-17/h8,13,17H,3-7H2,1-2H3,(H2,12,15). The number of amidine groups is 1. The molecule has 0 radical (unpaired) electrons. The molecule has 0 atom stereocenters. The lowest BCUT2D eigenvalue weighted by molar-refractivity contribution is 0.316. The minimum atomic E-state index is -3.61. The van der Waals surface area contributed by atoms with E-state index in [2.05, 4.69) is 14.9 Å². The highest BCUT2D eigenvalue weighted by Gasteiger charge is 2.18. The summed E-state index contributed by atoms with van der Waals surface area (Å²) in [5.41, 5.74) is 5.30. The largest absolute Gasteiger partial charge is 0.409 e. The zero-order chi connectivity index (χ0) is 15.2. The Kier molecular flexibility index (Phi) is 5.96. The fraction of sp³-hybridized carbons (Fsp3) is 0.636. The van der Waals surface area contributed by atoms with Crippen molar-refractivity contribution in [2.24, 2.45) is 10.9 Å². The molecule has 0 aliphatic heterocycles. The summed E-state index contributed by atoms with van der Waals surface area (Å²) in [7, 11) is -3.61. The molecule has 0 aromatic carbocycles. The van der Waals surface area contributed by atoms with Crippen LogP contribution in [0.4, 0.5) is 0 Å². The van der Waals surface area contributed by atoms with Gasteiger partial charge in [-0.15, -0.1) is 0 Å². The second kappa shape index (κ2) is 7.25. The van der Waals surface area contributed by atoms with Gasteiger partial charge < -0.3 is 15.5 Å². The maximum Gasteiger partial charge on any atom is 0.259 e. The molecule has 114 valence electrons. The summed E-state index contributed by atoms with van der Waals surface area (Å²) in [6, 6.07) is 0. The zero-order valence-electron chi connectivity index (χ0n) is 11.7. The molecule has 1 aromatic heterocycles. The fourth-order valence-corrected chi connectivity index (χ4v) is 2.76. The van der Waals surface area contributed by atoms with Crippen molar-refractivity contribution in [3.63, 3.8) is 0 Å². The van der Waals surface area contributed by atoms with Gasteiger partial charge in [-0.05, 0) is 19.8 Å². The quantitative estimate of drug-likeness (QED) is 0.211. The first-order valence-corrected chi connectivity index (χ1v) is 7.89. The summed E-state index contributed by atoms with van der Waals surface area (Å²) in [5, 5.41) is 11.2. The van der Waals surface area contributed by atoms with E-state index in [0.717, 1.165) is 13.0 Å². The Balaban J connectivity index is 2.62. The molecule has 0 fully saturated rings. The van der Waals surface area contributed by atoms with Gasteiger partial charge in [0, 0.05) is 25.7 Å². The van der Waals surface area contributed by atoms with E-state index in [1.165, 1.54) is 6.20 Å². The van der Waals surface area contributed by atoms with Crippen LogP contribution >= 0.6 is 0 Å². The lowest BCUT2D eigenvalue weighted by Crippen LogP contribution is -2.26. The number of aryl methyl sites for hydroxylation is 2. The smallest absolute Gasteiger partial charge is 0.259 e. The van der Waals surface area contributed by atoms with Crippen molar-refractivity contribution in [1.82, 2.24) is 14.3 Å². The number of oxime groups is 1. The van der Waals surface area contributed by atoms with Crippen LogP contribution in [0.5, 0.6) is 0 Å². The predicted octanol–water partition coefficient (Wildman–Crippen LogP) is 0.406. The third-order valence-corrected chi connectivity index (χ3v) is 4.06. The molecular weight excluding hydrogens is 282 g/mol. The Bertz CT molecular complexity index is 565. The summed E-state index contributed by atoms with van der Waals surface area (Å²) >= 11 is 0. The second-order valence-corrected chi connectivity index (χ2v) is 6.13. The Hall–Kier alpha value is -1.61. The van der Waals surface area contributed by atoms with Crippen LogP contribution in [-0.2, 0) is 16.6 Å². The van der Waals surface area contributed by atoms with Crippen molar-refractivity contribution >= 4 is 15.9 Å². The van der Waals surface area contributed by atoms with Gasteiger partial charge in [0.15, 0.2) is 5.03 Å². The van der Waals surface area contributed by atoms with Gasteiger partial charge in [0.05, 0.1) is 0 Å². The molecular formula is C11H21N5O3S. The molecule has 1 rings (SSSR count). The van der Waals surface area contributed by atoms with Gasteiger partial charge in [0.2, 0.25) is 0 Å². The third kappa shape index (κ3) is 4.49. The van der Waals surface area contributed by atoms with E-state index in [1.807, 2.05) is 11.5 Å². The Morgan fingerprint density at radius 2 is 2.30 bits per heavy atom. The van der Waals surface area contributed by atoms with Crippen LogP contribution in [0.3, 0.4) is 0 Å². The van der Waals surface area contributed by atoms with E-state index < -0.39 is 10.0 Å². The van der Waals surface area contributed by atoms with Gasteiger partial charge in [0.25, 0.3) is 10.0 Å². The van der Waals surface area contributed by atoms with Gasteiger partial charge in [-0.25, -0.2) is 18.1 Å². The zero-order valence-corrected chi connectivity index (χ0v) is 12.5. The van der Waals surface area contributed by atoms with E-state index in [0.29, 0.717) is 18.7 Å². The number of nitrogens with zero attached hydrogens (tertiary/aromatic N) is 3. The molecule has 0 spiro atoms. The van der Waals surface area contributed by atoms with Gasteiger partial charge in [-0.2, -0.15) is 0 Å². The van der Waals surface area contributed by atoms with Crippen molar-refractivity contribution in [2.45, 2.75) is 44.7 Å². The second-order valence-electron chi connectivity index (χ2n) is 4.41. The van der Waals surface area contributed by atoms with Crippen LogP contribution in [0, 0.1) is 6.92 Å². The summed E-state index contributed by atoms with van der Waals surface area (Å²) in [6.45, 7) is 4.72. The number of rotatable bonds is 8. The van der Waals surface area contributed by atoms with Gasteiger partial charge in [-0.1, -0.05) is 12.1 Å². The topological polar surface area (TPSA) is 123 Å². The first kappa shape index (κ1) is 16.4. The van der Waals surface area contributed by atoms with E-state index in [-0.39, 0.29) is 17.4 Å². The first-order valence-electron chi connectivity index (χ1n) is 6.40. The van der Waals surface area contributed by atoms with Gasteiger partial charge in [-0.3, -0.25) is 0 Å². The number of hydrogen-bond acceptors (Lipinski definition) is 5. The van der Waals surface area contributed by atoms with Crippen molar-refractivity contribution in [3.05, 3.63) is 12.0 Å². The molecule has 1 heterocycles. The number of hydrogen-bond donors (Lipinski definition) is 3. The Morgan fingerprint density at radius 1 is 1.60 bits per heavy atom. The minimum absolute atomic E-state index is 0.0206. The predicted molar refractivity (Wildman–Crippen MR) is 75.1 cm³/mol. The third-order valence-electron chi connectivity index (χ3n) is 2.72. The van der Waals surface area contributed by atoms with Crippen molar-refractivity contribution in [3.8, 4) is 0 Å². The maximum absolute atomic E-state index is 12.0. The summed E-state index contributed by atoms with van der Waals surface area (Å²) in [6.07, 6.45) is 3.21. The average molecular weight is 303 g/mol. The van der Waals surface area contributed by atoms with Crippen molar-refractivity contribution < 1.29 is 13.6 Å². The lowest BCUT2D eigenvalue weighted by atomic mass is 10.3. The molecule has 0 bridgehead atoms. The monoisotopic (exact) mass is 303 g/mol. The van der Waals surface area contributed by atoms with Crippen LogP contribution in [0.1, 0.15) is 32.0 Å². The Labute approximate surface area is 118 Å². The minimum Gasteiger partial charge on any atom is -0.409 e. The van der Waals surface area contributed by atoms with E-state index >= 15 is 0 Å². The molecule has 20 heavy (non-hydrogen) atoms. The SMILES string of the molecule is CCCn1cc(S(=O)(=O)NCCCC(N)=NO)nc1C. The molecule has 0 aliphatic rings. The molecule has 0 unspecified atom stereocenters. The maximum atomic E-state index is 12.0. The summed E-state index contributed by atoms with van der Waals surface area (Å²) in [5.74, 6) is 0.746. The summed E-state index contributed by atoms with van der Waals surface area (Å²) < 4.78 is 28.3. The van der Waals surface area contributed by atoms with Crippen molar-refractivity contribution in [2.75, 3.05) is 6.54 Å².